The number of nitrogens with two attached hydrogens (primary N) is 1. The fourth-order valence-corrected chi connectivity index (χ4v) is 2.81. The lowest BCUT2D eigenvalue weighted by Crippen LogP contribution is -2.47. The zero-order valence-electron chi connectivity index (χ0n) is 12.3. The second-order valence-electron chi connectivity index (χ2n) is 5.29. The van der Waals surface area contributed by atoms with Crippen LogP contribution in [0.15, 0.2) is 12.1 Å². The highest BCUT2D eigenvalue weighted by atomic mass is 35.5. The van der Waals surface area contributed by atoms with Crippen molar-refractivity contribution in [2.24, 2.45) is 11.1 Å². The number of amides is 1. The molecule has 3 nitrogen and oxygen atoms in total. The first-order chi connectivity index (χ1) is 9.49. The molecule has 0 saturated carbocycles. The molecule has 0 aromatic heterocycles. The third-order valence-electron chi connectivity index (χ3n) is 4.46. The summed E-state index contributed by atoms with van der Waals surface area (Å²) < 4.78 is 26.7. The molecule has 1 amide bonds. The minimum atomic E-state index is -0.921. The van der Waals surface area contributed by atoms with Crippen LogP contribution in [0.5, 0.6) is 0 Å². The van der Waals surface area contributed by atoms with Crippen molar-refractivity contribution >= 4 is 24.0 Å². The number of carbonyl (C=O) groups excluding carboxylic acids is 1. The maximum Gasteiger partial charge on any atom is 0.234 e. The van der Waals surface area contributed by atoms with Crippen LogP contribution in [0.3, 0.4) is 0 Å². The van der Waals surface area contributed by atoms with E-state index < -0.39 is 17.0 Å². The fraction of sp³-hybridized carbons (Fsp3) is 0.533. The highest BCUT2D eigenvalue weighted by Crippen LogP contribution is 2.36. The standard InChI is InChI=1S/C15H20F2N2O.ClH/c1-3-15(4-2,9-18)14(20)19-6-5-10-7-11(16)12(17)8-13(10)19;/h7-8H,3-6,9,18H2,1-2H3;1H. The van der Waals surface area contributed by atoms with Crippen LogP contribution in [0.1, 0.15) is 32.3 Å². The van der Waals surface area contributed by atoms with Crippen LogP contribution in [0.25, 0.3) is 0 Å². The molecule has 0 unspecified atom stereocenters. The SMILES string of the molecule is CCC(CC)(CN)C(=O)N1CCc2cc(F)c(F)cc21.Cl. The van der Waals surface area contributed by atoms with E-state index in [1.807, 2.05) is 13.8 Å². The van der Waals surface area contributed by atoms with Crippen molar-refractivity contribution in [1.82, 2.24) is 0 Å². The Labute approximate surface area is 129 Å². The summed E-state index contributed by atoms with van der Waals surface area (Å²) in [5.41, 5.74) is 6.33. The minimum Gasteiger partial charge on any atom is -0.329 e. The molecule has 1 aromatic carbocycles. The van der Waals surface area contributed by atoms with Crippen molar-refractivity contribution in [1.29, 1.82) is 0 Å². The first-order valence-electron chi connectivity index (χ1n) is 6.99. The van der Waals surface area contributed by atoms with Gasteiger partial charge in [-0.3, -0.25) is 4.79 Å². The van der Waals surface area contributed by atoms with Crippen LogP contribution in [-0.4, -0.2) is 19.0 Å². The van der Waals surface area contributed by atoms with Gasteiger partial charge in [-0.05, 0) is 30.9 Å². The van der Waals surface area contributed by atoms with Crippen molar-refractivity contribution in [3.8, 4) is 0 Å². The molecule has 0 radical (unpaired) electrons. The lowest BCUT2D eigenvalue weighted by atomic mass is 9.81. The predicted octanol–water partition coefficient (Wildman–Crippen LogP) is 3.04. The van der Waals surface area contributed by atoms with Gasteiger partial charge in [-0.25, -0.2) is 8.78 Å². The zero-order chi connectivity index (χ0) is 14.9. The molecule has 1 aromatic rings. The number of nitrogens with zero attached hydrogens (tertiary/aromatic N) is 1. The highest BCUT2D eigenvalue weighted by Gasteiger charge is 2.39. The third kappa shape index (κ3) is 2.90. The topological polar surface area (TPSA) is 46.3 Å². The number of anilines is 1. The molecular formula is C15H21ClF2N2O. The van der Waals surface area contributed by atoms with Gasteiger partial charge in [-0.1, -0.05) is 13.8 Å². The summed E-state index contributed by atoms with van der Waals surface area (Å²) >= 11 is 0. The molecule has 1 aliphatic heterocycles. The van der Waals surface area contributed by atoms with Gasteiger partial charge in [0, 0.05) is 19.2 Å². The number of hydrogen-bond donors (Lipinski definition) is 1. The Kier molecular flexibility index (Phi) is 5.70. The van der Waals surface area contributed by atoms with Crippen molar-refractivity contribution in [3.05, 3.63) is 29.3 Å². The monoisotopic (exact) mass is 318 g/mol. The number of fused-ring (bicyclic) bond motifs is 1. The van der Waals surface area contributed by atoms with E-state index in [1.165, 1.54) is 6.07 Å². The Morgan fingerprint density at radius 2 is 1.86 bits per heavy atom. The van der Waals surface area contributed by atoms with Gasteiger partial charge in [0.2, 0.25) is 5.91 Å². The quantitative estimate of drug-likeness (QED) is 0.927. The summed E-state index contributed by atoms with van der Waals surface area (Å²) in [6, 6.07) is 2.29. The molecule has 2 rings (SSSR count). The smallest absolute Gasteiger partial charge is 0.234 e. The highest BCUT2D eigenvalue weighted by molar-refractivity contribution is 5.99. The minimum absolute atomic E-state index is 0. The van der Waals surface area contributed by atoms with Crippen LogP contribution in [0.4, 0.5) is 14.5 Å². The number of hydrogen-bond acceptors (Lipinski definition) is 2. The molecule has 2 N–H and O–H groups in total. The van der Waals surface area contributed by atoms with E-state index in [4.69, 9.17) is 5.73 Å². The van der Waals surface area contributed by atoms with Gasteiger partial charge < -0.3 is 10.6 Å². The van der Waals surface area contributed by atoms with Crippen molar-refractivity contribution in [2.45, 2.75) is 33.1 Å². The predicted molar refractivity (Wildman–Crippen MR) is 81.7 cm³/mol. The summed E-state index contributed by atoms with van der Waals surface area (Å²) in [5.74, 6) is -1.88. The molecular weight excluding hydrogens is 298 g/mol. The molecule has 0 aliphatic carbocycles. The average Bonchev–Trinajstić information content (AvgIpc) is 2.84. The summed E-state index contributed by atoms with van der Waals surface area (Å²) in [7, 11) is 0. The molecule has 0 bridgehead atoms. The fourth-order valence-electron chi connectivity index (χ4n) is 2.81. The molecule has 1 heterocycles. The van der Waals surface area contributed by atoms with Gasteiger partial charge in [0.15, 0.2) is 11.6 Å². The zero-order valence-corrected chi connectivity index (χ0v) is 13.1. The molecule has 6 heteroatoms. The molecule has 118 valence electrons. The van der Waals surface area contributed by atoms with Crippen LogP contribution in [-0.2, 0) is 11.2 Å². The lowest BCUT2D eigenvalue weighted by molar-refractivity contribution is -0.128. The van der Waals surface area contributed by atoms with E-state index in [0.717, 1.165) is 6.07 Å². The van der Waals surface area contributed by atoms with E-state index in [9.17, 15) is 13.6 Å². The van der Waals surface area contributed by atoms with Crippen LogP contribution < -0.4 is 10.6 Å². The molecule has 1 aliphatic rings. The molecule has 0 spiro atoms. The van der Waals surface area contributed by atoms with Gasteiger partial charge in [-0.15, -0.1) is 12.4 Å². The Bertz CT molecular complexity index is 524. The number of benzene rings is 1. The summed E-state index contributed by atoms with van der Waals surface area (Å²) in [5, 5.41) is 0. The average molecular weight is 319 g/mol. The van der Waals surface area contributed by atoms with Gasteiger partial charge in [0.25, 0.3) is 0 Å². The van der Waals surface area contributed by atoms with Crippen LogP contribution in [0.2, 0.25) is 0 Å². The maximum absolute atomic E-state index is 13.4. The maximum atomic E-state index is 13.4. The second-order valence-corrected chi connectivity index (χ2v) is 5.29. The van der Waals surface area contributed by atoms with Crippen LogP contribution in [0, 0.1) is 17.0 Å². The molecule has 21 heavy (non-hydrogen) atoms. The number of carbonyl (C=O) groups is 1. The molecule has 0 fully saturated rings. The Morgan fingerprint density at radius 3 is 2.38 bits per heavy atom. The van der Waals surface area contributed by atoms with Gasteiger partial charge >= 0.3 is 0 Å². The normalized spacial score (nSPS) is 13.9. The second kappa shape index (κ2) is 6.71. The van der Waals surface area contributed by atoms with E-state index in [0.29, 0.717) is 37.1 Å². The Hall–Kier alpha value is -1.20. The van der Waals surface area contributed by atoms with Gasteiger partial charge in [0.05, 0.1) is 11.1 Å². The van der Waals surface area contributed by atoms with E-state index in [2.05, 4.69) is 0 Å². The summed E-state index contributed by atoms with van der Waals surface area (Å²) in [6.45, 7) is 4.57. The lowest BCUT2D eigenvalue weighted by Gasteiger charge is -2.33. The van der Waals surface area contributed by atoms with Gasteiger partial charge in [0.1, 0.15) is 0 Å². The number of halogens is 3. The Balaban J connectivity index is 0.00000220. The van der Waals surface area contributed by atoms with Crippen LogP contribution >= 0.6 is 12.4 Å². The largest absolute Gasteiger partial charge is 0.329 e. The third-order valence-corrected chi connectivity index (χ3v) is 4.46. The summed E-state index contributed by atoms with van der Waals surface area (Å²) in [6.07, 6.45) is 1.81. The Morgan fingerprint density at radius 1 is 1.29 bits per heavy atom. The summed E-state index contributed by atoms with van der Waals surface area (Å²) in [4.78, 5) is 14.3. The number of rotatable bonds is 4. The van der Waals surface area contributed by atoms with Crippen molar-refractivity contribution in [3.63, 3.8) is 0 Å². The van der Waals surface area contributed by atoms with Gasteiger partial charge in [-0.2, -0.15) is 0 Å². The van der Waals surface area contributed by atoms with E-state index in [-0.39, 0.29) is 24.9 Å². The van der Waals surface area contributed by atoms with Crippen molar-refractivity contribution in [2.75, 3.05) is 18.0 Å². The molecule has 0 atom stereocenters. The van der Waals surface area contributed by atoms with E-state index in [1.54, 1.807) is 4.90 Å². The van der Waals surface area contributed by atoms with E-state index >= 15 is 0 Å². The van der Waals surface area contributed by atoms with Crippen molar-refractivity contribution < 1.29 is 13.6 Å². The first-order valence-corrected chi connectivity index (χ1v) is 6.99. The first kappa shape index (κ1) is 17.9. The molecule has 0 saturated heterocycles.